The first-order valence-electron chi connectivity index (χ1n) is 8.52. The molecule has 0 aliphatic carbocycles. The highest BCUT2D eigenvalue weighted by Crippen LogP contribution is 2.37. The van der Waals surface area contributed by atoms with E-state index in [1.807, 2.05) is 58.9 Å². The molecule has 0 bridgehead atoms. The van der Waals surface area contributed by atoms with Gasteiger partial charge in [-0.25, -0.2) is 4.39 Å². The molecule has 2 aromatic rings. The summed E-state index contributed by atoms with van der Waals surface area (Å²) in [7, 11) is -0.660. The third kappa shape index (κ3) is 3.58. The second-order valence-corrected chi connectivity index (χ2v) is 7.49. The number of ether oxygens (including phenoxy) is 1. The molecule has 0 saturated carbocycles. The van der Waals surface area contributed by atoms with Crippen LogP contribution in [-0.2, 0) is 15.9 Å². The highest BCUT2D eigenvalue weighted by Gasteiger charge is 2.52. The lowest BCUT2D eigenvalue weighted by molar-refractivity contribution is 0.00578. The molecule has 0 spiro atoms. The van der Waals surface area contributed by atoms with Gasteiger partial charge in [0, 0.05) is 5.46 Å². The molecule has 0 atom stereocenters. The Balaban J connectivity index is 1.86. The van der Waals surface area contributed by atoms with Crippen LogP contribution in [0.5, 0.6) is 5.75 Å². The zero-order chi connectivity index (χ0) is 18.2. The van der Waals surface area contributed by atoms with Gasteiger partial charge in [0.1, 0.15) is 18.2 Å². The molecule has 0 unspecified atom stereocenters. The Morgan fingerprint density at radius 2 is 1.64 bits per heavy atom. The van der Waals surface area contributed by atoms with Crippen LogP contribution in [0.3, 0.4) is 0 Å². The topological polar surface area (TPSA) is 27.7 Å². The van der Waals surface area contributed by atoms with E-state index in [0.717, 1.165) is 11.1 Å². The van der Waals surface area contributed by atoms with Crippen LogP contribution in [0.15, 0.2) is 42.5 Å². The Morgan fingerprint density at radius 1 is 1.00 bits per heavy atom. The molecule has 2 aromatic carbocycles. The summed E-state index contributed by atoms with van der Waals surface area (Å²) < 4.78 is 31.9. The van der Waals surface area contributed by atoms with Gasteiger partial charge in [-0.3, -0.25) is 0 Å². The SMILES string of the molecule is Cc1ccccc1COc1ccc(F)cc1B1OC(C)(C)C(C)(C)O1. The van der Waals surface area contributed by atoms with Crippen molar-refractivity contribution < 1.29 is 18.4 Å². The van der Waals surface area contributed by atoms with E-state index >= 15 is 0 Å². The van der Waals surface area contributed by atoms with Crippen LogP contribution >= 0.6 is 0 Å². The van der Waals surface area contributed by atoms with E-state index in [1.165, 1.54) is 12.1 Å². The lowest BCUT2D eigenvalue weighted by atomic mass is 9.78. The molecular weight excluding hydrogens is 318 g/mol. The number of rotatable bonds is 4. The molecule has 0 N–H and O–H groups in total. The molecule has 5 heteroatoms. The van der Waals surface area contributed by atoms with Crippen LogP contribution in [0.1, 0.15) is 38.8 Å². The van der Waals surface area contributed by atoms with Crippen molar-refractivity contribution in [3.63, 3.8) is 0 Å². The minimum atomic E-state index is -0.660. The summed E-state index contributed by atoms with van der Waals surface area (Å²) in [5, 5.41) is 0. The van der Waals surface area contributed by atoms with E-state index in [9.17, 15) is 4.39 Å². The van der Waals surface area contributed by atoms with E-state index in [4.69, 9.17) is 14.0 Å². The van der Waals surface area contributed by atoms with Crippen LogP contribution in [0, 0.1) is 12.7 Å². The lowest BCUT2D eigenvalue weighted by Gasteiger charge is -2.32. The van der Waals surface area contributed by atoms with Crippen molar-refractivity contribution in [3.05, 3.63) is 59.4 Å². The van der Waals surface area contributed by atoms with Gasteiger partial charge in [-0.15, -0.1) is 0 Å². The predicted molar refractivity (Wildman–Crippen MR) is 97.6 cm³/mol. The van der Waals surface area contributed by atoms with Gasteiger partial charge in [-0.05, 0) is 63.9 Å². The summed E-state index contributed by atoms with van der Waals surface area (Å²) in [6.45, 7) is 10.3. The first kappa shape index (κ1) is 18.0. The molecule has 1 saturated heterocycles. The maximum atomic E-state index is 13.8. The Labute approximate surface area is 149 Å². The van der Waals surface area contributed by atoms with E-state index < -0.39 is 18.3 Å². The van der Waals surface area contributed by atoms with E-state index in [0.29, 0.717) is 17.8 Å². The van der Waals surface area contributed by atoms with E-state index in [2.05, 4.69) is 0 Å². The highest BCUT2D eigenvalue weighted by molar-refractivity contribution is 6.63. The predicted octanol–water partition coefficient (Wildman–Crippen LogP) is 4.01. The van der Waals surface area contributed by atoms with Gasteiger partial charge in [0.2, 0.25) is 0 Å². The minimum Gasteiger partial charge on any atom is -0.489 e. The zero-order valence-corrected chi connectivity index (χ0v) is 15.4. The van der Waals surface area contributed by atoms with Crippen molar-refractivity contribution >= 4 is 12.6 Å². The van der Waals surface area contributed by atoms with Crippen molar-refractivity contribution in [1.82, 2.24) is 0 Å². The van der Waals surface area contributed by atoms with Gasteiger partial charge in [0.05, 0.1) is 11.2 Å². The quantitative estimate of drug-likeness (QED) is 0.786. The van der Waals surface area contributed by atoms with Gasteiger partial charge >= 0.3 is 7.12 Å². The minimum absolute atomic E-state index is 0.340. The van der Waals surface area contributed by atoms with Crippen LogP contribution in [0.4, 0.5) is 4.39 Å². The summed E-state index contributed by atoms with van der Waals surface area (Å²) in [5.41, 5.74) is 1.84. The molecule has 1 heterocycles. The third-order valence-electron chi connectivity index (χ3n) is 5.12. The first-order chi connectivity index (χ1) is 11.7. The molecule has 0 amide bonds. The highest BCUT2D eigenvalue weighted by atomic mass is 19.1. The summed E-state index contributed by atoms with van der Waals surface area (Å²) in [4.78, 5) is 0. The van der Waals surface area contributed by atoms with Crippen LogP contribution in [0.2, 0.25) is 0 Å². The fourth-order valence-corrected chi connectivity index (χ4v) is 2.73. The molecule has 0 radical (unpaired) electrons. The van der Waals surface area contributed by atoms with Gasteiger partial charge in [0.15, 0.2) is 0 Å². The van der Waals surface area contributed by atoms with Crippen molar-refractivity contribution in [3.8, 4) is 5.75 Å². The Morgan fingerprint density at radius 3 is 2.28 bits per heavy atom. The summed E-state index contributed by atoms with van der Waals surface area (Å²) in [6.07, 6.45) is 0. The fraction of sp³-hybridized carbons (Fsp3) is 0.400. The normalized spacial score (nSPS) is 18.4. The van der Waals surface area contributed by atoms with Crippen molar-refractivity contribution in [2.45, 2.75) is 52.4 Å². The molecule has 1 aliphatic heterocycles. The van der Waals surface area contributed by atoms with Crippen molar-refractivity contribution in [2.75, 3.05) is 0 Å². The second kappa shape index (κ2) is 6.47. The molecule has 25 heavy (non-hydrogen) atoms. The third-order valence-corrected chi connectivity index (χ3v) is 5.12. The van der Waals surface area contributed by atoms with Crippen molar-refractivity contribution in [1.29, 1.82) is 0 Å². The number of aryl methyl sites for hydroxylation is 1. The maximum absolute atomic E-state index is 13.8. The average Bonchev–Trinajstić information content (AvgIpc) is 2.75. The Hall–Kier alpha value is -1.85. The van der Waals surface area contributed by atoms with Crippen LogP contribution in [-0.4, -0.2) is 18.3 Å². The zero-order valence-electron chi connectivity index (χ0n) is 15.4. The van der Waals surface area contributed by atoms with Crippen LogP contribution < -0.4 is 10.2 Å². The molecular formula is C20H24BFO3. The summed E-state index contributed by atoms with van der Waals surface area (Å²) in [5.74, 6) is 0.233. The number of benzene rings is 2. The van der Waals surface area contributed by atoms with Gasteiger partial charge < -0.3 is 14.0 Å². The first-order valence-corrected chi connectivity index (χ1v) is 8.52. The summed E-state index contributed by atoms with van der Waals surface area (Å²) in [6, 6.07) is 12.5. The summed E-state index contributed by atoms with van der Waals surface area (Å²) >= 11 is 0. The molecule has 132 valence electrons. The van der Waals surface area contributed by atoms with Gasteiger partial charge in [0.25, 0.3) is 0 Å². The average molecular weight is 342 g/mol. The molecule has 3 nitrogen and oxygen atoms in total. The fourth-order valence-electron chi connectivity index (χ4n) is 2.73. The molecule has 0 aromatic heterocycles. The van der Waals surface area contributed by atoms with E-state index in [-0.39, 0.29) is 5.82 Å². The molecule has 1 fully saturated rings. The number of hydrogen-bond donors (Lipinski definition) is 0. The molecule has 3 rings (SSSR count). The second-order valence-electron chi connectivity index (χ2n) is 7.49. The van der Waals surface area contributed by atoms with Crippen molar-refractivity contribution in [2.24, 2.45) is 0 Å². The number of hydrogen-bond acceptors (Lipinski definition) is 3. The Kier molecular flexibility index (Phi) is 4.65. The van der Waals surface area contributed by atoms with E-state index in [1.54, 1.807) is 6.07 Å². The maximum Gasteiger partial charge on any atom is 0.498 e. The van der Waals surface area contributed by atoms with Gasteiger partial charge in [-0.2, -0.15) is 0 Å². The Bertz CT molecular complexity index is 757. The lowest BCUT2D eigenvalue weighted by Crippen LogP contribution is -2.41. The largest absolute Gasteiger partial charge is 0.498 e. The monoisotopic (exact) mass is 342 g/mol. The van der Waals surface area contributed by atoms with Gasteiger partial charge in [-0.1, -0.05) is 24.3 Å². The molecule has 1 aliphatic rings. The van der Waals surface area contributed by atoms with Crippen LogP contribution in [0.25, 0.3) is 0 Å². The number of halogens is 1. The smallest absolute Gasteiger partial charge is 0.489 e. The standard InChI is InChI=1S/C20H24BFO3/c1-14-8-6-7-9-15(14)13-23-18-11-10-16(22)12-17(18)21-24-19(2,3)20(4,5)25-21/h6-12H,13H2,1-5H3.